The van der Waals surface area contributed by atoms with Crippen molar-refractivity contribution < 1.29 is 14.6 Å². The van der Waals surface area contributed by atoms with Gasteiger partial charge in [0.05, 0.1) is 11.6 Å². The summed E-state index contributed by atoms with van der Waals surface area (Å²) in [6, 6.07) is 4.93. The van der Waals surface area contributed by atoms with Crippen LogP contribution in [0.25, 0.3) is 0 Å². The summed E-state index contributed by atoms with van der Waals surface area (Å²) in [5.41, 5.74) is 0.697. The summed E-state index contributed by atoms with van der Waals surface area (Å²) in [7, 11) is 0. The SMILES string of the molecule is CCOc1ccc(C(C(=O)O)N2CCN(CC)C(C)C2)cc1Cl. The molecule has 2 unspecified atom stereocenters. The third-order valence-corrected chi connectivity index (χ3v) is 4.67. The Hall–Kier alpha value is -1.30. The second-order valence-corrected chi connectivity index (χ2v) is 6.24. The lowest BCUT2D eigenvalue weighted by Gasteiger charge is -2.41. The van der Waals surface area contributed by atoms with E-state index in [4.69, 9.17) is 16.3 Å². The Morgan fingerprint density at radius 3 is 2.70 bits per heavy atom. The highest BCUT2D eigenvalue weighted by molar-refractivity contribution is 6.32. The Labute approximate surface area is 142 Å². The van der Waals surface area contributed by atoms with Crippen LogP contribution in [0.3, 0.4) is 0 Å². The lowest BCUT2D eigenvalue weighted by atomic mass is 10.0. The third-order valence-electron chi connectivity index (χ3n) is 4.37. The number of nitrogens with zero attached hydrogens (tertiary/aromatic N) is 2. The molecule has 0 spiro atoms. The molecule has 2 rings (SSSR count). The predicted molar refractivity (Wildman–Crippen MR) is 91.3 cm³/mol. The van der Waals surface area contributed by atoms with E-state index in [0.717, 1.165) is 26.2 Å². The molecule has 6 heteroatoms. The van der Waals surface area contributed by atoms with Crippen LogP contribution in [0.5, 0.6) is 5.75 Å². The van der Waals surface area contributed by atoms with Crippen molar-refractivity contribution in [3.05, 3.63) is 28.8 Å². The molecular formula is C17H25ClN2O3. The molecule has 5 nitrogen and oxygen atoms in total. The molecule has 1 aromatic rings. The summed E-state index contributed by atoms with van der Waals surface area (Å²) in [4.78, 5) is 16.2. The zero-order valence-electron chi connectivity index (χ0n) is 14.0. The first-order chi connectivity index (χ1) is 11.0. The fourth-order valence-corrected chi connectivity index (χ4v) is 3.44. The van der Waals surface area contributed by atoms with Gasteiger partial charge in [0.15, 0.2) is 0 Å². The second-order valence-electron chi connectivity index (χ2n) is 5.84. The van der Waals surface area contributed by atoms with Crippen LogP contribution in [-0.2, 0) is 4.79 Å². The summed E-state index contributed by atoms with van der Waals surface area (Å²) in [5.74, 6) is -0.256. The van der Waals surface area contributed by atoms with Gasteiger partial charge in [0.25, 0.3) is 0 Å². The average molecular weight is 341 g/mol. The number of ether oxygens (including phenoxy) is 1. The Bertz CT molecular complexity index is 553. The minimum atomic E-state index is -0.845. The number of hydrogen-bond acceptors (Lipinski definition) is 4. The second kappa shape index (κ2) is 7.99. The minimum absolute atomic E-state index is 0.341. The average Bonchev–Trinajstić information content (AvgIpc) is 2.50. The number of piperazine rings is 1. The van der Waals surface area contributed by atoms with Crippen molar-refractivity contribution in [2.24, 2.45) is 0 Å². The minimum Gasteiger partial charge on any atom is -0.492 e. The van der Waals surface area contributed by atoms with E-state index in [9.17, 15) is 9.90 Å². The van der Waals surface area contributed by atoms with Crippen LogP contribution in [0.4, 0.5) is 0 Å². The normalized spacial score (nSPS) is 21.1. The number of carboxylic acid groups (broad SMARTS) is 1. The van der Waals surface area contributed by atoms with Crippen LogP contribution in [-0.4, -0.2) is 59.7 Å². The van der Waals surface area contributed by atoms with Gasteiger partial charge in [0.1, 0.15) is 11.8 Å². The van der Waals surface area contributed by atoms with E-state index in [-0.39, 0.29) is 0 Å². The number of rotatable bonds is 6. The molecule has 0 saturated carbocycles. The summed E-state index contributed by atoms with van der Waals surface area (Å²) >= 11 is 6.23. The molecule has 0 aliphatic carbocycles. The van der Waals surface area contributed by atoms with Gasteiger partial charge in [0.2, 0.25) is 0 Å². The number of hydrogen-bond donors (Lipinski definition) is 1. The fourth-order valence-electron chi connectivity index (χ4n) is 3.20. The molecule has 1 saturated heterocycles. The fraction of sp³-hybridized carbons (Fsp3) is 0.588. The molecule has 1 aliphatic rings. The van der Waals surface area contributed by atoms with Crippen molar-refractivity contribution in [2.75, 3.05) is 32.8 Å². The summed E-state index contributed by atoms with van der Waals surface area (Å²) < 4.78 is 5.42. The van der Waals surface area contributed by atoms with Crippen molar-refractivity contribution >= 4 is 17.6 Å². The van der Waals surface area contributed by atoms with Gasteiger partial charge < -0.3 is 9.84 Å². The molecule has 2 atom stereocenters. The molecule has 128 valence electrons. The molecule has 1 N–H and O–H groups in total. The molecule has 0 bridgehead atoms. The lowest BCUT2D eigenvalue weighted by molar-refractivity contribution is -0.144. The van der Waals surface area contributed by atoms with E-state index >= 15 is 0 Å². The smallest absolute Gasteiger partial charge is 0.325 e. The van der Waals surface area contributed by atoms with Crippen molar-refractivity contribution in [1.29, 1.82) is 0 Å². The van der Waals surface area contributed by atoms with Crippen LogP contribution in [0.2, 0.25) is 5.02 Å². The van der Waals surface area contributed by atoms with Gasteiger partial charge in [-0.1, -0.05) is 24.6 Å². The largest absolute Gasteiger partial charge is 0.492 e. The summed E-state index contributed by atoms with van der Waals surface area (Å²) in [5, 5.41) is 10.2. The van der Waals surface area contributed by atoms with Crippen molar-refractivity contribution in [3.8, 4) is 5.75 Å². The van der Waals surface area contributed by atoms with Crippen LogP contribution < -0.4 is 4.74 Å². The van der Waals surface area contributed by atoms with Gasteiger partial charge >= 0.3 is 5.97 Å². The van der Waals surface area contributed by atoms with Gasteiger partial charge in [-0.3, -0.25) is 14.6 Å². The molecule has 1 heterocycles. The van der Waals surface area contributed by atoms with Gasteiger partial charge in [-0.25, -0.2) is 0 Å². The summed E-state index contributed by atoms with van der Waals surface area (Å²) in [6.45, 7) is 10.0. The van der Waals surface area contributed by atoms with E-state index < -0.39 is 12.0 Å². The zero-order valence-corrected chi connectivity index (χ0v) is 14.7. The van der Waals surface area contributed by atoms with Crippen LogP contribution in [0, 0.1) is 0 Å². The topological polar surface area (TPSA) is 53.0 Å². The van der Waals surface area contributed by atoms with Crippen LogP contribution in [0.15, 0.2) is 18.2 Å². The Morgan fingerprint density at radius 2 is 2.17 bits per heavy atom. The number of aliphatic carboxylic acids is 1. The number of likely N-dealkylation sites (N-methyl/N-ethyl adjacent to an activating group) is 1. The van der Waals surface area contributed by atoms with Gasteiger partial charge in [0, 0.05) is 25.7 Å². The first-order valence-corrected chi connectivity index (χ1v) is 8.48. The highest BCUT2D eigenvalue weighted by Crippen LogP contribution is 2.31. The highest BCUT2D eigenvalue weighted by Gasteiger charge is 2.33. The van der Waals surface area contributed by atoms with E-state index in [2.05, 4.69) is 18.7 Å². The monoisotopic (exact) mass is 340 g/mol. The molecule has 1 fully saturated rings. The predicted octanol–water partition coefficient (Wildman–Crippen LogP) is 2.89. The first-order valence-electron chi connectivity index (χ1n) is 8.11. The number of carboxylic acids is 1. The highest BCUT2D eigenvalue weighted by atomic mass is 35.5. The Morgan fingerprint density at radius 1 is 1.43 bits per heavy atom. The Kier molecular flexibility index (Phi) is 6.27. The maximum atomic E-state index is 11.8. The van der Waals surface area contributed by atoms with Gasteiger partial charge in [-0.15, -0.1) is 0 Å². The standard InChI is InChI=1S/C17H25ClN2O3/c1-4-19-8-9-20(11-12(19)3)16(17(21)22)13-6-7-15(23-5-2)14(18)10-13/h6-7,10,12,16H,4-5,8-9,11H2,1-3H3,(H,21,22). The molecule has 0 aromatic heterocycles. The third kappa shape index (κ3) is 4.16. The maximum absolute atomic E-state index is 11.8. The molecular weight excluding hydrogens is 316 g/mol. The van der Waals surface area contributed by atoms with E-state index in [0.29, 0.717) is 29.0 Å². The maximum Gasteiger partial charge on any atom is 0.325 e. The molecule has 1 aliphatic heterocycles. The van der Waals surface area contributed by atoms with Crippen molar-refractivity contribution in [3.63, 3.8) is 0 Å². The molecule has 0 amide bonds. The van der Waals surface area contributed by atoms with Crippen LogP contribution >= 0.6 is 11.6 Å². The van der Waals surface area contributed by atoms with Crippen molar-refractivity contribution in [2.45, 2.75) is 32.9 Å². The molecule has 1 aromatic carbocycles. The Balaban J connectivity index is 2.22. The van der Waals surface area contributed by atoms with E-state index in [1.54, 1.807) is 18.2 Å². The van der Waals surface area contributed by atoms with E-state index in [1.165, 1.54) is 0 Å². The first kappa shape index (κ1) is 18.0. The van der Waals surface area contributed by atoms with E-state index in [1.807, 2.05) is 11.8 Å². The zero-order chi connectivity index (χ0) is 17.0. The van der Waals surface area contributed by atoms with Gasteiger partial charge in [-0.05, 0) is 38.1 Å². The number of carbonyl (C=O) groups is 1. The quantitative estimate of drug-likeness (QED) is 0.863. The van der Waals surface area contributed by atoms with Crippen molar-refractivity contribution in [1.82, 2.24) is 9.80 Å². The number of benzene rings is 1. The van der Waals surface area contributed by atoms with Crippen LogP contribution in [0.1, 0.15) is 32.4 Å². The number of halogens is 1. The summed E-state index contributed by atoms with van der Waals surface area (Å²) in [6.07, 6.45) is 0. The lowest BCUT2D eigenvalue weighted by Crippen LogP contribution is -2.53. The van der Waals surface area contributed by atoms with Gasteiger partial charge in [-0.2, -0.15) is 0 Å². The molecule has 23 heavy (non-hydrogen) atoms. The molecule has 0 radical (unpaired) electrons.